The van der Waals surface area contributed by atoms with Gasteiger partial charge in [0.2, 0.25) is 12.1 Å². The third kappa shape index (κ3) is 4.38. The predicted molar refractivity (Wildman–Crippen MR) is 99.6 cm³/mol. The molecule has 3 aromatic rings. The maximum Gasteiger partial charge on any atom is 0.260 e. The molecule has 2 heterocycles. The lowest BCUT2D eigenvalue weighted by atomic mass is 10.00. The molecule has 0 aliphatic heterocycles. The third-order valence-corrected chi connectivity index (χ3v) is 4.23. The third-order valence-electron chi connectivity index (χ3n) is 4.23. The van der Waals surface area contributed by atoms with Crippen molar-refractivity contribution in [2.75, 3.05) is 0 Å². The maximum atomic E-state index is 12.9. The van der Waals surface area contributed by atoms with E-state index in [0.29, 0.717) is 17.0 Å². The molecule has 0 saturated heterocycles. The number of hydrogen-bond acceptors (Lipinski definition) is 5. The number of H-pyrrole nitrogens is 1. The fourth-order valence-corrected chi connectivity index (χ4v) is 2.88. The summed E-state index contributed by atoms with van der Waals surface area (Å²) in [7, 11) is 1.73. The predicted octanol–water partition coefficient (Wildman–Crippen LogP) is -0.516. The van der Waals surface area contributed by atoms with E-state index in [1.165, 1.54) is 18.6 Å². The molecule has 0 radical (unpaired) electrons. The van der Waals surface area contributed by atoms with E-state index in [1.807, 2.05) is 30.3 Å². The normalized spacial score (nSPS) is 12.9. The van der Waals surface area contributed by atoms with Crippen molar-refractivity contribution in [1.29, 1.82) is 0 Å². The van der Waals surface area contributed by atoms with Gasteiger partial charge in [-0.3, -0.25) is 19.6 Å². The second kappa shape index (κ2) is 8.40. The number of aromatic amines is 1. The van der Waals surface area contributed by atoms with Gasteiger partial charge in [0.15, 0.2) is 13.2 Å². The summed E-state index contributed by atoms with van der Waals surface area (Å²) in [5.41, 5.74) is 7.38. The molecule has 0 aliphatic carbocycles. The number of nitrogens with zero attached hydrogens (tertiary/aromatic N) is 3. The van der Waals surface area contributed by atoms with Gasteiger partial charge in [0.25, 0.3) is 5.91 Å². The van der Waals surface area contributed by atoms with Crippen molar-refractivity contribution in [2.24, 2.45) is 12.8 Å². The van der Waals surface area contributed by atoms with E-state index in [1.54, 1.807) is 17.9 Å². The fraction of sp³-hybridized carbons (Fsp3) is 0.211. The van der Waals surface area contributed by atoms with Crippen LogP contribution in [-0.4, -0.2) is 44.1 Å². The van der Waals surface area contributed by atoms with Crippen LogP contribution in [0, 0.1) is 0 Å². The lowest BCUT2D eigenvalue weighted by molar-refractivity contribution is -0.726. The number of nitrogens with one attached hydrogen (secondary N) is 2. The Bertz CT molecular complexity index is 958. The molecule has 2 atom stereocenters. The Morgan fingerprint density at radius 2 is 2.04 bits per heavy atom. The number of nitrogens with two attached hydrogens (primary N) is 1. The van der Waals surface area contributed by atoms with Crippen LogP contribution >= 0.6 is 0 Å². The summed E-state index contributed by atoms with van der Waals surface area (Å²) in [6.45, 7) is 0. The molecule has 28 heavy (non-hydrogen) atoms. The number of rotatable bonds is 7. The monoisotopic (exact) mass is 381 g/mol. The van der Waals surface area contributed by atoms with Gasteiger partial charge in [-0.1, -0.05) is 30.3 Å². The fourth-order valence-electron chi connectivity index (χ4n) is 2.88. The Kier molecular flexibility index (Phi) is 5.75. The zero-order valence-corrected chi connectivity index (χ0v) is 15.2. The van der Waals surface area contributed by atoms with Crippen LogP contribution in [0.25, 0.3) is 11.4 Å². The molecule has 0 bridgehead atoms. The molecule has 2 aromatic heterocycles. The van der Waals surface area contributed by atoms with E-state index in [-0.39, 0.29) is 6.42 Å². The smallest absolute Gasteiger partial charge is 0.260 e. The first-order chi connectivity index (χ1) is 13.5. The minimum atomic E-state index is -1.53. The van der Waals surface area contributed by atoms with Crippen LogP contribution in [0.5, 0.6) is 0 Å². The molecule has 9 heteroatoms. The van der Waals surface area contributed by atoms with Gasteiger partial charge in [-0.25, -0.2) is 0 Å². The molecule has 0 fully saturated rings. The van der Waals surface area contributed by atoms with Crippen LogP contribution in [0.15, 0.2) is 55.1 Å². The van der Waals surface area contributed by atoms with Crippen molar-refractivity contribution in [2.45, 2.75) is 18.6 Å². The van der Waals surface area contributed by atoms with Gasteiger partial charge in [0.1, 0.15) is 17.0 Å². The van der Waals surface area contributed by atoms with Gasteiger partial charge >= 0.3 is 0 Å². The SMILES string of the molecule is C[n+]1cc(C(=O)N[C@@H](Cc2ccccc2)C(O)C(N)=O)c(-c2cnccn2)[nH]1. The molecule has 1 unspecified atom stereocenters. The molecule has 0 saturated carbocycles. The largest absolute Gasteiger partial charge is 0.381 e. The lowest BCUT2D eigenvalue weighted by Gasteiger charge is -2.22. The number of hydrogen-bond donors (Lipinski definition) is 4. The van der Waals surface area contributed by atoms with Crippen molar-refractivity contribution >= 4 is 11.8 Å². The molecule has 3 rings (SSSR count). The van der Waals surface area contributed by atoms with Crippen molar-refractivity contribution < 1.29 is 19.4 Å². The van der Waals surface area contributed by atoms with Crippen LogP contribution in [0.2, 0.25) is 0 Å². The number of aliphatic hydroxyl groups is 1. The van der Waals surface area contributed by atoms with Gasteiger partial charge in [-0.05, 0) is 12.0 Å². The van der Waals surface area contributed by atoms with E-state index < -0.39 is 24.0 Å². The van der Waals surface area contributed by atoms with Crippen LogP contribution in [0.3, 0.4) is 0 Å². The van der Waals surface area contributed by atoms with Gasteiger partial charge in [-0.15, -0.1) is 4.68 Å². The molecule has 1 aromatic carbocycles. The Morgan fingerprint density at radius 1 is 1.29 bits per heavy atom. The Labute approximate surface area is 161 Å². The van der Waals surface area contributed by atoms with E-state index in [4.69, 9.17) is 5.73 Å². The van der Waals surface area contributed by atoms with Crippen LogP contribution < -0.4 is 15.7 Å². The van der Waals surface area contributed by atoms with Crippen LogP contribution in [0.1, 0.15) is 15.9 Å². The number of amides is 2. The number of carbonyl (C=O) groups is 2. The van der Waals surface area contributed by atoms with Gasteiger partial charge < -0.3 is 16.2 Å². The molecule has 0 spiro atoms. The number of aryl methyl sites for hydroxylation is 1. The van der Waals surface area contributed by atoms with Crippen molar-refractivity contribution in [1.82, 2.24) is 20.4 Å². The van der Waals surface area contributed by atoms with Crippen molar-refractivity contribution in [3.05, 3.63) is 66.2 Å². The van der Waals surface area contributed by atoms with Crippen molar-refractivity contribution in [3.8, 4) is 11.4 Å². The Balaban J connectivity index is 1.87. The molecule has 0 aliphatic rings. The second-order valence-corrected chi connectivity index (χ2v) is 6.35. The highest BCUT2D eigenvalue weighted by atomic mass is 16.3. The highest BCUT2D eigenvalue weighted by Gasteiger charge is 2.29. The standard InChI is InChI=1S/C19H20N6O3/c1-25-11-13(16(24-25)15-10-21-7-8-22-15)19(28)23-14(17(26)18(20)27)9-12-5-3-2-4-6-12/h2-8,10-11,14,17,26H,9H2,1H3,(H3,20,23,27,28)/p+1/t14-,17?/m0/s1. The number of benzene rings is 1. The molecule has 5 N–H and O–H groups in total. The van der Waals surface area contributed by atoms with E-state index in [0.717, 1.165) is 5.56 Å². The highest BCUT2D eigenvalue weighted by Crippen LogP contribution is 2.17. The van der Waals surface area contributed by atoms with E-state index in [9.17, 15) is 14.7 Å². The number of aromatic nitrogens is 4. The van der Waals surface area contributed by atoms with Gasteiger partial charge in [0.05, 0.1) is 12.2 Å². The van der Waals surface area contributed by atoms with Crippen LogP contribution in [0.4, 0.5) is 0 Å². The Morgan fingerprint density at radius 3 is 2.68 bits per heavy atom. The van der Waals surface area contributed by atoms with E-state index >= 15 is 0 Å². The molecular formula is C19H21N6O3+. The quantitative estimate of drug-likeness (QED) is 0.408. The van der Waals surface area contributed by atoms with Gasteiger partial charge in [-0.2, -0.15) is 5.10 Å². The minimum absolute atomic E-state index is 0.244. The van der Waals surface area contributed by atoms with Crippen LogP contribution in [-0.2, 0) is 18.3 Å². The second-order valence-electron chi connectivity index (χ2n) is 6.35. The summed E-state index contributed by atoms with van der Waals surface area (Å²) in [5.74, 6) is -1.38. The van der Waals surface area contributed by atoms with E-state index in [2.05, 4.69) is 20.4 Å². The lowest BCUT2D eigenvalue weighted by Crippen LogP contribution is -2.50. The first-order valence-electron chi connectivity index (χ1n) is 8.63. The summed E-state index contributed by atoms with van der Waals surface area (Å²) in [6, 6.07) is 8.32. The first kappa shape index (κ1) is 19.2. The summed E-state index contributed by atoms with van der Waals surface area (Å²) < 4.78 is 1.61. The average molecular weight is 381 g/mol. The summed E-state index contributed by atoms with van der Waals surface area (Å²) in [5, 5.41) is 15.9. The number of primary amides is 1. The topological polar surface area (TPSA) is 138 Å². The first-order valence-corrected chi connectivity index (χ1v) is 8.63. The zero-order chi connectivity index (χ0) is 20.1. The average Bonchev–Trinajstić information content (AvgIpc) is 3.10. The molecule has 9 nitrogen and oxygen atoms in total. The summed E-state index contributed by atoms with van der Waals surface area (Å²) >= 11 is 0. The molecule has 2 amide bonds. The number of aliphatic hydroxyl groups excluding tert-OH is 1. The molecular weight excluding hydrogens is 360 g/mol. The minimum Gasteiger partial charge on any atom is -0.381 e. The molecule has 144 valence electrons. The maximum absolute atomic E-state index is 12.9. The summed E-state index contributed by atoms with van der Waals surface area (Å²) in [4.78, 5) is 32.7. The van der Waals surface area contributed by atoms with Crippen molar-refractivity contribution in [3.63, 3.8) is 0 Å². The van der Waals surface area contributed by atoms with Gasteiger partial charge in [0, 0.05) is 12.4 Å². The highest BCUT2D eigenvalue weighted by molar-refractivity contribution is 5.99. The Hall–Kier alpha value is -3.59. The number of carbonyl (C=O) groups excluding carboxylic acids is 2. The summed E-state index contributed by atoms with van der Waals surface area (Å²) in [6.07, 6.45) is 4.89. The zero-order valence-electron chi connectivity index (χ0n) is 15.2.